The average Bonchev–Trinajstić information content (AvgIpc) is 2.11. The molecule has 2 nitrogen and oxygen atoms in total. The molecule has 62 valence electrons. The summed E-state index contributed by atoms with van der Waals surface area (Å²) in [5, 5.41) is 0. The topological polar surface area (TPSA) is 4.93 Å². The van der Waals surface area contributed by atoms with Crippen molar-refractivity contribution in [1.82, 2.24) is 9.27 Å². The van der Waals surface area contributed by atoms with Gasteiger partial charge in [0.2, 0.25) is 0 Å². The minimum absolute atomic E-state index is 0.828. The fraction of sp³-hybridized carbons (Fsp3) is 0.556. The number of rotatable bonds is 1. The van der Waals surface area contributed by atoms with Gasteiger partial charge in [0.1, 0.15) is 0 Å². The Balaban J connectivity index is 3.08. The first-order valence-electron chi connectivity index (χ1n) is 3.89. The predicted molar refractivity (Wildman–Crippen MR) is 49.2 cm³/mol. The SMILES string of the molecule is Cc1cn([N+](C)(C)C)cc1C. The molecule has 0 aliphatic heterocycles. The van der Waals surface area contributed by atoms with Crippen LogP contribution in [0.1, 0.15) is 11.1 Å². The lowest BCUT2D eigenvalue weighted by atomic mass is 10.2. The van der Waals surface area contributed by atoms with E-state index in [0.717, 1.165) is 4.59 Å². The van der Waals surface area contributed by atoms with Gasteiger partial charge in [-0.3, -0.25) is 0 Å². The van der Waals surface area contributed by atoms with Crippen molar-refractivity contribution < 1.29 is 0 Å². The Kier molecular flexibility index (Phi) is 1.80. The summed E-state index contributed by atoms with van der Waals surface area (Å²) < 4.78 is 3.03. The van der Waals surface area contributed by atoms with Crippen LogP contribution < -0.4 is 4.59 Å². The quantitative estimate of drug-likeness (QED) is 0.538. The average molecular weight is 153 g/mol. The van der Waals surface area contributed by atoms with Gasteiger partial charge in [-0.2, -0.15) is 0 Å². The van der Waals surface area contributed by atoms with Crippen LogP contribution in [0.2, 0.25) is 0 Å². The summed E-state index contributed by atoms with van der Waals surface area (Å²) >= 11 is 0. The fourth-order valence-electron chi connectivity index (χ4n) is 0.984. The van der Waals surface area contributed by atoms with E-state index in [9.17, 15) is 0 Å². The number of aromatic nitrogens is 1. The minimum atomic E-state index is 0.828. The molecule has 11 heavy (non-hydrogen) atoms. The van der Waals surface area contributed by atoms with Crippen LogP contribution in [-0.4, -0.2) is 25.8 Å². The van der Waals surface area contributed by atoms with Crippen molar-refractivity contribution in [3.63, 3.8) is 0 Å². The summed E-state index contributed by atoms with van der Waals surface area (Å²) in [5.41, 5.74) is 2.72. The van der Waals surface area contributed by atoms with Gasteiger partial charge in [0.15, 0.2) is 0 Å². The Hall–Kier alpha value is -0.760. The van der Waals surface area contributed by atoms with Crippen molar-refractivity contribution in [3.05, 3.63) is 23.5 Å². The van der Waals surface area contributed by atoms with E-state index in [-0.39, 0.29) is 0 Å². The summed E-state index contributed by atoms with van der Waals surface area (Å²) in [6, 6.07) is 0. The van der Waals surface area contributed by atoms with E-state index >= 15 is 0 Å². The van der Waals surface area contributed by atoms with Crippen LogP contribution in [0.5, 0.6) is 0 Å². The number of aryl methyl sites for hydroxylation is 2. The molecule has 0 aliphatic rings. The molecule has 1 heterocycles. The van der Waals surface area contributed by atoms with Gasteiger partial charge < -0.3 is 0 Å². The van der Waals surface area contributed by atoms with Crippen molar-refractivity contribution in [2.45, 2.75) is 13.8 Å². The van der Waals surface area contributed by atoms with Crippen LogP contribution in [0, 0.1) is 13.8 Å². The van der Waals surface area contributed by atoms with E-state index < -0.39 is 0 Å². The van der Waals surface area contributed by atoms with E-state index in [1.807, 2.05) is 0 Å². The van der Waals surface area contributed by atoms with Gasteiger partial charge in [0.25, 0.3) is 0 Å². The summed E-state index contributed by atoms with van der Waals surface area (Å²) in [6.45, 7) is 4.28. The maximum absolute atomic E-state index is 2.20. The largest absolute Gasteiger partial charge is 0.224 e. The van der Waals surface area contributed by atoms with Crippen molar-refractivity contribution >= 4 is 0 Å². The number of hydrogen-bond donors (Lipinski definition) is 0. The first-order chi connectivity index (χ1) is 4.91. The molecule has 0 unspecified atom stereocenters. The molecule has 0 saturated carbocycles. The highest BCUT2D eigenvalue weighted by Gasteiger charge is 2.10. The molecule has 1 rings (SSSR count). The monoisotopic (exact) mass is 153 g/mol. The van der Waals surface area contributed by atoms with Crippen LogP contribution in [0.3, 0.4) is 0 Å². The second-order valence-electron chi connectivity index (χ2n) is 3.95. The zero-order valence-electron chi connectivity index (χ0n) is 8.05. The smallest absolute Gasteiger partial charge is 0.0907 e. The molecule has 0 atom stereocenters. The maximum atomic E-state index is 2.20. The number of quaternary nitrogens is 1. The summed E-state index contributed by atoms with van der Waals surface area (Å²) in [4.78, 5) is 0. The van der Waals surface area contributed by atoms with Gasteiger partial charge in [0.05, 0.1) is 33.5 Å². The Bertz CT molecular complexity index is 234. The van der Waals surface area contributed by atoms with E-state index in [1.54, 1.807) is 0 Å². The number of hydrogen-bond acceptors (Lipinski definition) is 0. The highest BCUT2D eigenvalue weighted by molar-refractivity contribution is 5.20. The molecule has 0 spiro atoms. The highest BCUT2D eigenvalue weighted by Crippen LogP contribution is 2.08. The highest BCUT2D eigenvalue weighted by atomic mass is 15.6. The molecular weight excluding hydrogens is 136 g/mol. The van der Waals surface area contributed by atoms with Gasteiger partial charge in [-0.05, 0) is 25.0 Å². The molecule has 0 radical (unpaired) electrons. The lowest BCUT2D eigenvalue weighted by Gasteiger charge is -2.24. The van der Waals surface area contributed by atoms with Crippen molar-refractivity contribution in [2.75, 3.05) is 21.1 Å². The first kappa shape index (κ1) is 8.34. The molecular formula is C9H17N2+. The first-order valence-corrected chi connectivity index (χ1v) is 3.89. The zero-order chi connectivity index (χ0) is 8.65. The third-order valence-corrected chi connectivity index (χ3v) is 1.97. The summed E-state index contributed by atoms with van der Waals surface area (Å²) in [5.74, 6) is 0. The van der Waals surface area contributed by atoms with Crippen LogP contribution >= 0.6 is 0 Å². The summed E-state index contributed by atoms with van der Waals surface area (Å²) in [7, 11) is 6.46. The fourth-order valence-corrected chi connectivity index (χ4v) is 0.984. The van der Waals surface area contributed by atoms with Crippen molar-refractivity contribution in [2.24, 2.45) is 0 Å². The molecule has 0 saturated heterocycles. The second-order valence-corrected chi connectivity index (χ2v) is 3.95. The minimum Gasteiger partial charge on any atom is -0.224 e. The number of nitrogens with zero attached hydrogens (tertiary/aromatic N) is 2. The van der Waals surface area contributed by atoms with Crippen LogP contribution in [0.15, 0.2) is 12.4 Å². The van der Waals surface area contributed by atoms with Gasteiger partial charge in [0, 0.05) is 0 Å². The third-order valence-electron chi connectivity index (χ3n) is 1.97. The van der Waals surface area contributed by atoms with Crippen LogP contribution in [0.4, 0.5) is 0 Å². The Morgan fingerprint density at radius 3 is 1.55 bits per heavy atom. The normalized spacial score (nSPS) is 12.1. The standard InChI is InChI=1S/C9H17N2/c1-8-6-10(7-9(8)2)11(3,4)5/h6-7H,1-5H3/q+1. The molecule has 0 fully saturated rings. The lowest BCUT2D eigenvalue weighted by molar-refractivity contribution is 0.259. The Morgan fingerprint density at radius 2 is 1.36 bits per heavy atom. The second kappa shape index (κ2) is 2.38. The van der Waals surface area contributed by atoms with Crippen molar-refractivity contribution in [1.29, 1.82) is 0 Å². The summed E-state index contributed by atoms with van der Waals surface area (Å²) in [6.07, 6.45) is 4.35. The van der Waals surface area contributed by atoms with Gasteiger partial charge in [-0.15, -0.1) is 0 Å². The molecule has 0 bridgehead atoms. The van der Waals surface area contributed by atoms with E-state index in [0.29, 0.717) is 0 Å². The Morgan fingerprint density at radius 1 is 1.00 bits per heavy atom. The molecule has 1 aromatic rings. The molecule has 0 N–H and O–H groups in total. The molecule has 0 aromatic carbocycles. The van der Waals surface area contributed by atoms with E-state index in [1.165, 1.54) is 11.1 Å². The lowest BCUT2D eigenvalue weighted by Crippen LogP contribution is -2.45. The van der Waals surface area contributed by atoms with Gasteiger partial charge in [-0.25, -0.2) is 9.27 Å². The van der Waals surface area contributed by atoms with Crippen LogP contribution in [0.25, 0.3) is 0 Å². The van der Waals surface area contributed by atoms with Crippen molar-refractivity contribution in [3.8, 4) is 0 Å². The third kappa shape index (κ3) is 1.63. The molecule has 0 aliphatic carbocycles. The van der Waals surface area contributed by atoms with Gasteiger partial charge >= 0.3 is 0 Å². The maximum Gasteiger partial charge on any atom is 0.0907 e. The molecule has 0 amide bonds. The molecule has 2 heteroatoms. The molecule has 1 aromatic heterocycles. The van der Waals surface area contributed by atoms with Gasteiger partial charge in [-0.1, -0.05) is 0 Å². The predicted octanol–water partition coefficient (Wildman–Crippen LogP) is 1.43. The van der Waals surface area contributed by atoms with E-state index in [2.05, 4.69) is 52.1 Å². The zero-order valence-corrected chi connectivity index (χ0v) is 8.05. The van der Waals surface area contributed by atoms with E-state index in [4.69, 9.17) is 0 Å². The van der Waals surface area contributed by atoms with Crippen LogP contribution in [-0.2, 0) is 0 Å². The Labute approximate surface area is 68.6 Å².